The van der Waals surface area contributed by atoms with Crippen molar-refractivity contribution in [1.29, 1.82) is 0 Å². The number of nitrogens with zero attached hydrogens (tertiary/aromatic N) is 1. The van der Waals surface area contributed by atoms with E-state index in [0.29, 0.717) is 12.0 Å². The van der Waals surface area contributed by atoms with Crippen molar-refractivity contribution < 1.29 is 4.74 Å². The quantitative estimate of drug-likeness (QED) is 0.922. The fourth-order valence-electron chi connectivity index (χ4n) is 3.28. The average molecular weight is 276 g/mol. The van der Waals surface area contributed by atoms with E-state index >= 15 is 0 Å². The van der Waals surface area contributed by atoms with E-state index < -0.39 is 0 Å². The summed E-state index contributed by atoms with van der Waals surface area (Å²) in [6.45, 7) is 8.53. The summed E-state index contributed by atoms with van der Waals surface area (Å²) in [6.07, 6.45) is 1.12. The first-order valence-electron chi connectivity index (χ1n) is 7.46. The Kier molecular flexibility index (Phi) is 4.40. The molecule has 112 valence electrons. The van der Waals surface area contributed by atoms with Crippen LogP contribution in [0.1, 0.15) is 44.4 Å². The van der Waals surface area contributed by atoms with Gasteiger partial charge in [-0.25, -0.2) is 0 Å². The molecule has 0 bridgehead atoms. The van der Waals surface area contributed by atoms with E-state index in [9.17, 15) is 0 Å². The first kappa shape index (κ1) is 15.3. The molecular weight excluding hydrogens is 248 g/mol. The maximum atomic E-state index is 5.85. The largest absolute Gasteiger partial charge is 0.496 e. The molecule has 1 aliphatic heterocycles. The maximum Gasteiger partial charge on any atom is 0.127 e. The number of likely N-dealkylation sites (tertiary alicyclic amines) is 1. The van der Waals surface area contributed by atoms with Gasteiger partial charge in [0.1, 0.15) is 5.75 Å². The molecule has 1 aliphatic rings. The van der Waals surface area contributed by atoms with Gasteiger partial charge >= 0.3 is 0 Å². The zero-order chi connectivity index (χ0) is 14.9. The molecule has 1 heterocycles. The van der Waals surface area contributed by atoms with Gasteiger partial charge < -0.3 is 10.5 Å². The Bertz CT molecular complexity index is 465. The smallest absolute Gasteiger partial charge is 0.127 e. The van der Waals surface area contributed by atoms with Gasteiger partial charge in [0.2, 0.25) is 0 Å². The normalized spacial score (nSPS) is 24.1. The third kappa shape index (κ3) is 2.84. The Morgan fingerprint density at radius 2 is 2.05 bits per heavy atom. The lowest BCUT2D eigenvalue weighted by atomic mass is 9.84. The fraction of sp³-hybridized carbons (Fsp3) is 0.647. The van der Waals surface area contributed by atoms with Gasteiger partial charge in [-0.1, -0.05) is 39.0 Å². The molecule has 1 fully saturated rings. The molecule has 20 heavy (non-hydrogen) atoms. The van der Waals surface area contributed by atoms with Crippen LogP contribution >= 0.6 is 0 Å². The lowest BCUT2D eigenvalue weighted by Gasteiger charge is -2.28. The zero-order valence-electron chi connectivity index (χ0n) is 13.4. The van der Waals surface area contributed by atoms with Crippen molar-refractivity contribution in [2.45, 2.75) is 38.6 Å². The van der Waals surface area contributed by atoms with Crippen molar-refractivity contribution >= 4 is 0 Å². The van der Waals surface area contributed by atoms with Crippen molar-refractivity contribution in [3.63, 3.8) is 0 Å². The average Bonchev–Trinajstić information content (AvgIpc) is 2.78. The van der Waals surface area contributed by atoms with Gasteiger partial charge in [-0.2, -0.15) is 0 Å². The lowest BCUT2D eigenvalue weighted by molar-refractivity contribution is 0.301. The van der Waals surface area contributed by atoms with Gasteiger partial charge in [-0.3, -0.25) is 4.90 Å². The molecule has 2 unspecified atom stereocenters. The standard InChI is InChI=1S/C17H28N2O/c1-17(2,3)14-8-6-7-13(16(14)20-5)15-9-12(10-18)11-19(15)4/h6-8,12,15H,9-11,18H2,1-5H3. The van der Waals surface area contributed by atoms with Gasteiger partial charge in [-0.15, -0.1) is 0 Å². The molecular formula is C17H28N2O. The van der Waals surface area contributed by atoms with E-state index in [0.717, 1.165) is 25.3 Å². The van der Waals surface area contributed by atoms with E-state index in [4.69, 9.17) is 10.5 Å². The third-order valence-electron chi connectivity index (χ3n) is 4.38. The van der Waals surface area contributed by atoms with Crippen molar-refractivity contribution in [2.75, 3.05) is 27.2 Å². The van der Waals surface area contributed by atoms with Crippen LogP contribution in [-0.2, 0) is 5.41 Å². The van der Waals surface area contributed by atoms with Gasteiger partial charge in [0.15, 0.2) is 0 Å². The van der Waals surface area contributed by atoms with Crippen molar-refractivity contribution in [3.05, 3.63) is 29.3 Å². The predicted molar refractivity (Wildman–Crippen MR) is 84.2 cm³/mol. The molecule has 1 saturated heterocycles. The Labute approximate surface area is 123 Å². The van der Waals surface area contributed by atoms with Crippen LogP contribution in [0.2, 0.25) is 0 Å². The summed E-state index contributed by atoms with van der Waals surface area (Å²) in [5, 5.41) is 0. The van der Waals surface area contributed by atoms with Crippen LogP contribution in [0.5, 0.6) is 5.75 Å². The number of hydrogen-bond donors (Lipinski definition) is 1. The molecule has 3 nitrogen and oxygen atoms in total. The highest BCUT2D eigenvalue weighted by Crippen LogP contribution is 2.42. The molecule has 0 spiro atoms. The zero-order valence-corrected chi connectivity index (χ0v) is 13.4. The monoisotopic (exact) mass is 276 g/mol. The molecule has 0 saturated carbocycles. The second-order valence-corrected chi connectivity index (χ2v) is 6.97. The number of rotatable bonds is 3. The highest BCUT2D eigenvalue weighted by molar-refractivity contribution is 5.47. The number of nitrogens with two attached hydrogens (primary N) is 1. The Morgan fingerprint density at radius 3 is 2.55 bits per heavy atom. The molecule has 2 rings (SSSR count). The lowest BCUT2D eigenvalue weighted by Crippen LogP contribution is -2.21. The molecule has 0 radical (unpaired) electrons. The van der Waals surface area contributed by atoms with Gasteiger partial charge in [-0.05, 0) is 36.9 Å². The Hall–Kier alpha value is -1.06. The topological polar surface area (TPSA) is 38.5 Å². The first-order chi connectivity index (χ1) is 9.38. The van der Waals surface area contributed by atoms with Crippen LogP contribution in [0.25, 0.3) is 0 Å². The summed E-state index contributed by atoms with van der Waals surface area (Å²) in [7, 11) is 3.97. The summed E-state index contributed by atoms with van der Waals surface area (Å²) >= 11 is 0. The number of benzene rings is 1. The second kappa shape index (κ2) is 5.74. The fourth-order valence-corrected chi connectivity index (χ4v) is 3.28. The van der Waals surface area contributed by atoms with Gasteiger partial charge in [0, 0.05) is 18.2 Å². The van der Waals surface area contributed by atoms with Gasteiger partial charge in [0.05, 0.1) is 7.11 Å². The molecule has 1 aromatic rings. The number of para-hydroxylation sites is 1. The van der Waals surface area contributed by atoms with Crippen LogP contribution in [0.4, 0.5) is 0 Å². The minimum absolute atomic E-state index is 0.0891. The summed E-state index contributed by atoms with van der Waals surface area (Å²) in [6, 6.07) is 6.95. The number of hydrogen-bond acceptors (Lipinski definition) is 3. The molecule has 0 aliphatic carbocycles. The molecule has 1 aromatic carbocycles. The summed E-state index contributed by atoms with van der Waals surface area (Å²) in [4.78, 5) is 2.40. The van der Waals surface area contributed by atoms with E-state index in [1.165, 1.54) is 11.1 Å². The minimum Gasteiger partial charge on any atom is -0.496 e. The maximum absolute atomic E-state index is 5.85. The van der Waals surface area contributed by atoms with Crippen LogP contribution in [-0.4, -0.2) is 32.1 Å². The minimum atomic E-state index is 0.0891. The molecule has 0 amide bonds. The molecule has 2 N–H and O–H groups in total. The molecule has 3 heteroatoms. The van der Waals surface area contributed by atoms with Crippen LogP contribution in [0.3, 0.4) is 0 Å². The molecule has 0 aromatic heterocycles. The van der Waals surface area contributed by atoms with E-state index in [-0.39, 0.29) is 5.41 Å². The van der Waals surface area contributed by atoms with E-state index in [2.05, 4.69) is 50.9 Å². The Morgan fingerprint density at radius 1 is 1.35 bits per heavy atom. The van der Waals surface area contributed by atoms with Crippen molar-refractivity contribution in [2.24, 2.45) is 11.7 Å². The summed E-state index contributed by atoms with van der Waals surface area (Å²) < 4.78 is 5.77. The Balaban J connectivity index is 2.42. The van der Waals surface area contributed by atoms with Crippen LogP contribution in [0.15, 0.2) is 18.2 Å². The second-order valence-electron chi connectivity index (χ2n) is 6.97. The molecule has 2 atom stereocenters. The first-order valence-corrected chi connectivity index (χ1v) is 7.46. The third-order valence-corrected chi connectivity index (χ3v) is 4.38. The van der Waals surface area contributed by atoms with Gasteiger partial charge in [0.25, 0.3) is 0 Å². The van der Waals surface area contributed by atoms with E-state index in [1.54, 1.807) is 7.11 Å². The summed E-state index contributed by atoms with van der Waals surface area (Å²) in [5.41, 5.74) is 8.52. The number of ether oxygens (including phenoxy) is 1. The predicted octanol–water partition coefficient (Wildman–Crippen LogP) is 2.94. The number of methoxy groups -OCH3 is 1. The van der Waals surface area contributed by atoms with Crippen molar-refractivity contribution in [1.82, 2.24) is 4.90 Å². The highest BCUT2D eigenvalue weighted by Gasteiger charge is 2.33. The van der Waals surface area contributed by atoms with Crippen molar-refractivity contribution in [3.8, 4) is 5.75 Å². The van der Waals surface area contributed by atoms with Crippen LogP contribution in [0, 0.1) is 5.92 Å². The highest BCUT2D eigenvalue weighted by atomic mass is 16.5. The van der Waals surface area contributed by atoms with Crippen LogP contribution < -0.4 is 10.5 Å². The van der Waals surface area contributed by atoms with E-state index in [1.807, 2.05) is 0 Å². The summed E-state index contributed by atoms with van der Waals surface area (Å²) in [5.74, 6) is 1.64. The SMILES string of the molecule is COc1c(C2CC(CN)CN2C)cccc1C(C)(C)C.